The number of hydrogen-bond acceptors (Lipinski definition) is 6. The number of nitrogens with zero attached hydrogens (tertiary/aromatic N) is 3. The van der Waals surface area contributed by atoms with Crippen LogP contribution in [0.15, 0.2) is 35.1 Å². The number of hydrogen-bond donors (Lipinski definition) is 1. The molecule has 0 amide bonds. The Balaban J connectivity index is 1.67. The van der Waals surface area contributed by atoms with Gasteiger partial charge in [0.15, 0.2) is 0 Å². The molecule has 0 unspecified atom stereocenters. The minimum atomic E-state index is -0.423. The molecular formula is C12H13BrN4O3. The van der Waals surface area contributed by atoms with Gasteiger partial charge in [-0.15, -0.1) is 5.10 Å². The van der Waals surface area contributed by atoms with Gasteiger partial charge in [0.05, 0.1) is 0 Å². The molecule has 106 valence electrons. The van der Waals surface area contributed by atoms with Crippen molar-refractivity contribution in [3.8, 4) is 5.75 Å². The normalized spacial score (nSPS) is 10.2. The fourth-order valence-electron chi connectivity index (χ4n) is 1.43. The molecule has 20 heavy (non-hydrogen) atoms. The molecule has 1 aromatic heterocycles. The fourth-order valence-corrected chi connectivity index (χ4v) is 1.81. The van der Waals surface area contributed by atoms with Crippen molar-refractivity contribution in [2.24, 2.45) is 0 Å². The third-order valence-corrected chi connectivity index (χ3v) is 2.75. The van der Waals surface area contributed by atoms with Crippen LogP contribution >= 0.6 is 15.9 Å². The highest BCUT2D eigenvalue weighted by Gasteiger charge is 2.06. The Morgan fingerprint density at radius 1 is 1.40 bits per heavy atom. The van der Waals surface area contributed by atoms with Crippen molar-refractivity contribution >= 4 is 27.8 Å². The number of nitrogen functional groups attached to an aromatic ring is 1. The second-order valence-corrected chi connectivity index (χ2v) is 4.74. The largest absolute Gasteiger partial charge is 0.490 e. The van der Waals surface area contributed by atoms with Crippen molar-refractivity contribution in [2.75, 3.05) is 18.9 Å². The van der Waals surface area contributed by atoms with Gasteiger partial charge in [-0.2, -0.15) is 0 Å². The molecule has 2 rings (SSSR count). The molecule has 7 nitrogen and oxygen atoms in total. The van der Waals surface area contributed by atoms with Gasteiger partial charge in [-0.3, -0.25) is 4.79 Å². The van der Waals surface area contributed by atoms with Gasteiger partial charge in [0, 0.05) is 4.47 Å². The van der Waals surface area contributed by atoms with Crippen LogP contribution in [0.3, 0.4) is 0 Å². The molecule has 2 N–H and O–H groups in total. The molecule has 0 spiro atoms. The molecule has 0 saturated heterocycles. The first-order valence-corrected chi connectivity index (χ1v) is 6.62. The first-order valence-electron chi connectivity index (χ1n) is 5.82. The zero-order valence-corrected chi connectivity index (χ0v) is 12.1. The summed E-state index contributed by atoms with van der Waals surface area (Å²) in [6, 6.07) is 7.42. The molecule has 0 atom stereocenters. The van der Waals surface area contributed by atoms with Gasteiger partial charge in [0.1, 0.15) is 31.8 Å². The predicted octanol–water partition coefficient (Wildman–Crippen LogP) is 1.24. The smallest absolute Gasteiger partial charge is 0.327 e. The third-order valence-electron chi connectivity index (χ3n) is 2.26. The monoisotopic (exact) mass is 340 g/mol. The Kier molecular flexibility index (Phi) is 4.94. The molecular weight excluding hydrogens is 328 g/mol. The van der Waals surface area contributed by atoms with E-state index < -0.39 is 5.97 Å². The van der Waals surface area contributed by atoms with E-state index in [0.717, 1.165) is 4.47 Å². The number of carbonyl (C=O) groups excluding carboxylic acids is 1. The summed E-state index contributed by atoms with van der Waals surface area (Å²) < 4.78 is 12.7. The summed E-state index contributed by atoms with van der Waals surface area (Å²) >= 11 is 3.34. The maximum absolute atomic E-state index is 11.5. The van der Waals surface area contributed by atoms with Crippen LogP contribution in [-0.4, -0.2) is 33.9 Å². The van der Waals surface area contributed by atoms with Crippen LogP contribution < -0.4 is 10.5 Å². The van der Waals surface area contributed by atoms with Crippen molar-refractivity contribution in [3.63, 3.8) is 0 Å². The van der Waals surface area contributed by atoms with Crippen molar-refractivity contribution < 1.29 is 14.3 Å². The van der Waals surface area contributed by atoms with Crippen LogP contribution in [0.1, 0.15) is 0 Å². The van der Waals surface area contributed by atoms with Gasteiger partial charge in [-0.05, 0) is 18.2 Å². The molecule has 8 heteroatoms. The lowest BCUT2D eigenvalue weighted by Crippen LogP contribution is -2.17. The average molecular weight is 341 g/mol. The number of esters is 1. The van der Waals surface area contributed by atoms with Crippen LogP contribution in [0.25, 0.3) is 0 Å². The lowest BCUT2D eigenvalue weighted by molar-refractivity contribution is -0.145. The van der Waals surface area contributed by atoms with Gasteiger partial charge in [-0.1, -0.05) is 22.0 Å². The first kappa shape index (κ1) is 14.3. The van der Waals surface area contributed by atoms with E-state index in [1.807, 2.05) is 24.3 Å². The number of halogens is 1. The molecule has 0 aliphatic carbocycles. The SMILES string of the molecule is Nc1ncn(CC(=O)OCCOc2cccc(Br)c2)n1. The number of benzene rings is 1. The molecule has 0 aliphatic rings. The number of rotatable bonds is 6. The van der Waals surface area contributed by atoms with Crippen molar-refractivity contribution in [1.29, 1.82) is 0 Å². The Morgan fingerprint density at radius 3 is 2.95 bits per heavy atom. The number of carbonyl (C=O) groups is 1. The summed E-state index contributed by atoms with van der Waals surface area (Å²) in [6.07, 6.45) is 1.37. The van der Waals surface area contributed by atoms with Crippen molar-refractivity contribution in [3.05, 3.63) is 35.1 Å². The standard InChI is InChI=1S/C12H13BrN4O3/c13-9-2-1-3-10(6-9)19-4-5-20-11(18)7-17-8-15-12(14)16-17/h1-3,6,8H,4-5,7H2,(H2,14,16). The summed E-state index contributed by atoms with van der Waals surface area (Å²) in [5.74, 6) is 0.406. The fraction of sp³-hybridized carbons (Fsp3) is 0.250. The van der Waals surface area contributed by atoms with Crippen LogP contribution in [0.2, 0.25) is 0 Å². The van der Waals surface area contributed by atoms with Gasteiger partial charge in [0.2, 0.25) is 5.95 Å². The highest BCUT2D eigenvalue weighted by atomic mass is 79.9. The van der Waals surface area contributed by atoms with Crippen LogP contribution in [0.5, 0.6) is 5.75 Å². The topological polar surface area (TPSA) is 92.3 Å². The molecule has 1 heterocycles. The molecule has 0 saturated carbocycles. The summed E-state index contributed by atoms with van der Waals surface area (Å²) in [4.78, 5) is 15.2. The summed E-state index contributed by atoms with van der Waals surface area (Å²) in [5, 5.41) is 3.78. The van der Waals surface area contributed by atoms with Crippen LogP contribution in [0, 0.1) is 0 Å². The maximum Gasteiger partial charge on any atom is 0.327 e. The van der Waals surface area contributed by atoms with Gasteiger partial charge < -0.3 is 15.2 Å². The Labute approximate surface area is 123 Å². The van der Waals surface area contributed by atoms with E-state index >= 15 is 0 Å². The summed E-state index contributed by atoms with van der Waals surface area (Å²) in [6.45, 7) is 0.415. The predicted molar refractivity (Wildman–Crippen MR) is 75.0 cm³/mol. The molecule has 0 fully saturated rings. The Hall–Kier alpha value is -2.09. The number of aromatic nitrogens is 3. The van der Waals surface area contributed by atoms with E-state index in [2.05, 4.69) is 26.0 Å². The van der Waals surface area contributed by atoms with Crippen LogP contribution in [0.4, 0.5) is 5.95 Å². The highest BCUT2D eigenvalue weighted by molar-refractivity contribution is 9.10. The second-order valence-electron chi connectivity index (χ2n) is 3.83. The second kappa shape index (κ2) is 6.90. The lowest BCUT2D eigenvalue weighted by Gasteiger charge is -2.07. The van der Waals surface area contributed by atoms with E-state index in [4.69, 9.17) is 15.2 Å². The van der Waals surface area contributed by atoms with E-state index in [-0.39, 0.29) is 25.7 Å². The van der Waals surface area contributed by atoms with E-state index in [1.54, 1.807) is 0 Å². The third kappa shape index (κ3) is 4.54. The quantitative estimate of drug-likeness (QED) is 0.628. The Bertz CT molecular complexity index is 588. The molecule has 0 bridgehead atoms. The van der Waals surface area contributed by atoms with E-state index in [0.29, 0.717) is 5.75 Å². The molecule has 2 aromatic rings. The first-order chi connectivity index (χ1) is 9.63. The van der Waals surface area contributed by atoms with Crippen LogP contribution in [-0.2, 0) is 16.1 Å². The lowest BCUT2D eigenvalue weighted by atomic mass is 10.3. The van der Waals surface area contributed by atoms with E-state index in [1.165, 1.54) is 11.0 Å². The van der Waals surface area contributed by atoms with Crippen molar-refractivity contribution in [1.82, 2.24) is 14.8 Å². The van der Waals surface area contributed by atoms with Gasteiger partial charge in [-0.25, -0.2) is 9.67 Å². The average Bonchev–Trinajstić information content (AvgIpc) is 2.80. The summed E-state index contributed by atoms with van der Waals surface area (Å²) in [7, 11) is 0. The maximum atomic E-state index is 11.5. The Morgan fingerprint density at radius 2 is 2.25 bits per heavy atom. The van der Waals surface area contributed by atoms with E-state index in [9.17, 15) is 4.79 Å². The molecule has 1 aromatic carbocycles. The zero-order chi connectivity index (χ0) is 14.4. The molecule has 0 aliphatic heterocycles. The minimum Gasteiger partial charge on any atom is -0.490 e. The highest BCUT2D eigenvalue weighted by Crippen LogP contribution is 2.17. The van der Waals surface area contributed by atoms with Gasteiger partial charge in [0.25, 0.3) is 0 Å². The minimum absolute atomic E-state index is 0.0267. The van der Waals surface area contributed by atoms with Gasteiger partial charge >= 0.3 is 5.97 Å². The number of anilines is 1. The number of ether oxygens (including phenoxy) is 2. The zero-order valence-electron chi connectivity index (χ0n) is 10.5. The number of nitrogens with two attached hydrogens (primary N) is 1. The van der Waals surface area contributed by atoms with Crippen molar-refractivity contribution in [2.45, 2.75) is 6.54 Å². The molecule has 0 radical (unpaired) electrons. The summed E-state index contributed by atoms with van der Waals surface area (Å²) in [5.41, 5.74) is 5.33.